The number of carbonyl (C=O) groups excluding carboxylic acids is 1. The van der Waals surface area contributed by atoms with Crippen LogP contribution in [0.25, 0.3) is 5.69 Å². The van der Waals surface area contributed by atoms with Crippen LogP contribution in [0.2, 0.25) is 0 Å². The maximum atomic E-state index is 13.4. The molecule has 1 aromatic carbocycles. The van der Waals surface area contributed by atoms with Crippen molar-refractivity contribution in [3.63, 3.8) is 0 Å². The van der Waals surface area contributed by atoms with Crippen LogP contribution >= 0.6 is 11.3 Å². The summed E-state index contributed by atoms with van der Waals surface area (Å²) in [5.41, 5.74) is 2.88. The highest BCUT2D eigenvalue weighted by Gasteiger charge is 2.43. The van der Waals surface area contributed by atoms with Gasteiger partial charge in [-0.05, 0) is 35.4 Å². The minimum atomic E-state index is -0.316. The molecule has 3 aromatic rings. The van der Waals surface area contributed by atoms with E-state index in [1.54, 1.807) is 16.0 Å². The molecule has 0 amide bonds. The van der Waals surface area contributed by atoms with Gasteiger partial charge in [0.2, 0.25) is 0 Å². The number of Topliss-reactive ketones (excluding diaryl/α,β-unsaturated/α-hetero) is 1. The molecule has 1 aliphatic heterocycles. The van der Waals surface area contributed by atoms with E-state index in [0.717, 1.165) is 28.3 Å². The topological polar surface area (TPSA) is 66.9 Å². The van der Waals surface area contributed by atoms with Gasteiger partial charge in [-0.15, -0.1) is 11.3 Å². The van der Waals surface area contributed by atoms with Gasteiger partial charge < -0.3 is 5.32 Å². The third-order valence-electron chi connectivity index (χ3n) is 5.54. The molecule has 28 heavy (non-hydrogen) atoms. The van der Waals surface area contributed by atoms with Gasteiger partial charge >= 0.3 is 0 Å². The molecule has 3 heterocycles. The Bertz CT molecular complexity index is 1150. The molecule has 0 saturated carbocycles. The number of H-pyrrole nitrogens is 1. The summed E-state index contributed by atoms with van der Waals surface area (Å²) in [7, 11) is 0. The van der Waals surface area contributed by atoms with E-state index in [0.29, 0.717) is 17.8 Å². The van der Waals surface area contributed by atoms with Gasteiger partial charge in [0.1, 0.15) is 5.82 Å². The second-order valence-corrected chi connectivity index (χ2v) is 9.26. The zero-order valence-corrected chi connectivity index (χ0v) is 16.6. The average Bonchev–Trinajstić information content (AvgIpc) is 3.28. The standard InChI is InChI=1S/C22H21N3O2S/c1-22(2)11-14-17(15(26)12-22)18(16-9-6-10-28-16)19-20(23-14)24-25(21(19)27)13-7-4-3-5-8-13/h3-10,18,23-24H,11-12H2,1-2H3. The predicted molar refractivity (Wildman–Crippen MR) is 111 cm³/mol. The second-order valence-electron chi connectivity index (χ2n) is 8.28. The number of ketones is 1. The van der Waals surface area contributed by atoms with Gasteiger partial charge in [0.25, 0.3) is 5.56 Å². The molecule has 1 aliphatic carbocycles. The zero-order valence-electron chi connectivity index (χ0n) is 15.8. The monoisotopic (exact) mass is 391 g/mol. The summed E-state index contributed by atoms with van der Waals surface area (Å²) in [6.07, 6.45) is 1.29. The lowest BCUT2D eigenvalue weighted by Gasteiger charge is -2.37. The smallest absolute Gasteiger partial charge is 0.277 e. The van der Waals surface area contributed by atoms with E-state index < -0.39 is 0 Å². The Balaban J connectivity index is 1.74. The second kappa shape index (κ2) is 6.07. The molecule has 2 aromatic heterocycles. The minimum Gasteiger partial charge on any atom is -0.343 e. The van der Waals surface area contributed by atoms with Crippen molar-refractivity contribution < 1.29 is 4.79 Å². The first kappa shape index (κ1) is 17.3. The van der Waals surface area contributed by atoms with Crippen LogP contribution in [0.15, 0.2) is 63.9 Å². The molecule has 0 bridgehead atoms. The van der Waals surface area contributed by atoms with Gasteiger partial charge in [0.05, 0.1) is 17.2 Å². The van der Waals surface area contributed by atoms with Crippen LogP contribution in [0.4, 0.5) is 5.82 Å². The van der Waals surface area contributed by atoms with Crippen molar-refractivity contribution in [3.05, 3.63) is 79.9 Å². The fourth-order valence-electron chi connectivity index (χ4n) is 4.39. The molecule has 0 spiro atoms. The van der Waals surface area contributed by atoms with E-state index in [4.69, 9.17) is 0 Å². The van der Waals surface area contributed by atoms with Gasteiger partial charge in [0.15, 0.2) is 5.78 Å². The first-order valence-corrected chi connectivity index (χ1v) is 10.3. The molecule has 5 rings (SSSR count). The lowest BCUT2D eigenvalue weighted by molar-refractivity contribution is -0.118. The number of thiophene rings is 1. The number of anilines is 1. The molecule has 2 aliphatic rings. The highest BCUT2D eigenvalue weighted by molar-refractivity contribution is 7.10. The summed E-state index contributed by atoms with van der Waals surface area (Å²) in [5, 5.41) is 8.63. The normalized spacial score (nSPS) is 20.5. The first-order valence-electron chi connectivity index (χ1n) is 9.42. The molecule has 5 nitrogen and oxygen atoms in total. The van der Waals surface area contributed by atoms with E-state index in [1.807, 2.05) is 47.8 Å². The molecular formula is C22H21N3O2S. The maximum absolute atomic E-state index is 13.4. The largest absolute Gasteiger partial charge is 0.343 e. The van der Waals surface area contributed by atoms with Crippen molar-refractivity contribution in [2.75, 3.05) is 5.32 Å². The van der Waals surface area contributed by atoms with E-state index in [-0.39, 0.29) is 22.7 Å². The van der Waals surface area contributed by atoms with Crippen molar-refractivity contribution in [2.45, 2.75) is 32.6 Å². The number of aromatic amines is 1. The maximum Gasteiger partial charge on any atom is 0.277 e. The molecule has 0 saturated heterocycles. The van der Waals surface area contributed by atoms with Crippen LogP contribution in [0.1, 0.15) is 43.0 Å². The number of carbonyl (C=O) groups is 1. The summed E-state index contributed by atoms with van der Waals surface area (Å²) in [5.74, 6) is 0.509. The number of fused-ring (bicyclic) bond motifs is 1. The zero-order chi connectivity index (χ0) is 19.5. The molecule has 6 heteroatoms. The van der Waals surface area contributed by atoms with E-state index in [9.17, 15) is 9.59 Å². The van der Waals surface area contributed by atoms with Gasteiger partial charge in [-0.1, -0.05) is 38.1 Å². The predicted octanol–water partition coefficient (Wildman–Crippen LogP) is 4.43. The van der Waals surface area contributed by atoms with Gasteiger partial charge in [-0.25, -0.2) is 4.68 Å². The number of nitrogens with one attached hydrogen (secondary N) is 2. The van der Waals surface area contributed by atoms with E-state index in [1.165, 1.54) is 0 Å². The lowest BCUT2D eigenvalue weighted by Crippen LogP contribution is -2.35. The number of allylic oxidation sites excluding steroid dienone is 2. The highest BCUT2D eigenvalue weighted by Crippen LogP contribution is 2.48. The van der Waals surface area contributed by atoms with Crippen molar-refractivity contribution in [2.24, 2.45) is 5.41 Å². The number of hydrogen-bond acceptors (Lipinski definition) is 4. The summed E-state index contributed by atoms with van der Waals surface area (Å²) in [4.78, 5) is 27.6. The number of rotatable bonds is 2. The Morgan fingerprint density at radius 2 is 1.86 bits per heavy atom. The van der Waals surface area contributed by atoms with Crippen molar-refractivity contribution in [3.8, 4) is 5.69 Å². The van der Waals surface area contributed by atoms with Crippen LogP contribution in [0.3, 0.4) is 0 Å². The molecular weight excluding hydrogens is 370 g/mol. The lowest BCUT2D eigenvalue weighted by atomic mass is 9.70. The van der Waals surface area contributed by atoms with Crippen LogP contribution in [0.5, 0.6) is 0 Å². The Kier molecular flexibility index (Phi) is 3.74. The van der Waals surface area contributed by atoms with Gasteiger partial charge in [0, 0.05) is 22.6 Å². The Labute approximate surface area is 166 Å². The average molecular weight is 391 g/mol. The summed E-state index contributed by atoms with van der Waals surface area (Å²) < 4.78 is 1.56. The highest BCUT2D eigenvalue weighted by atomic mass is 32.1. The molecule has 142 valence electrons. The van der Waals surface area contributed by atoms with E-state index in [2.05, 4.69) is 24.3 Å². The SMILES string of the molecule is CC1(C)CC(=O)C2=C(C1)Nc1[nH]n(-c3ccccc3)c(=O)c1C2c1cccs1. The fraction of sp³-hybridized carbons (Fsp3) is 0.273. The number of benzene rings is 1. The van der Waals surface area contributed by atoms with Crippen molar-refractivity contribution in [1.29, 1.82) is 0 Å². The first-order chi connectivity index (χ1) is 13.4. The number of hydrogen-bond donors (Lipinski definition) is 2. The van der Waals surface area contributed by atoms with Crippen LogP contribution in [0, 0.1) is 5.41 Å². The van der Waals surface area contributed by atoms with Gasteiger partial charge in [-0.2, -0.15) is 0 Å². The molecule has 0 fully saturated rings. The molecule has 0 radical (unpaired) electrons. The third-order valence-corrected chi connectivity index (χ3v) is 6.48. The number of aromatic nitrogens is 2. The van der Waals surface area contributed by atoms with Crippen LogP contribution < -0.4 is 10.9 Å². The number of para-hydroxylation sites is 1. The van der Waals surface area contributed by atoms with Crippen molar-refractivity contribution in [1.82, 2.24) is 9.78 Å². The molecule has 1 unspecified atom stereocenters. The summed E-state index contributed by atoms with van der Waals surface area (Å²) in [6.45, 7) is 4.23. The Hall–Kier alpha value is -2.86. The quantitative estimate of drug-likeness (QED) is 0.679. The van der Waals surface area contributed by atoms with Crippen LogP contribution in [-0.2, 0) is 4.79 Å². The number of nitrogens with zero attached hydrogens (tertiary/aromatic N) is 1. The van der Waals surface area contributed by atoms with Gasteiger partial charge in [-0.3, -0.25) is 14.7 Å². The van der Waals surface area contributed by atoms with Crippen molar-refractivity contribution >= 4 is 22.9 Å². The fourth-order valence-corrected chi connectivity index (χ4v) is 5.23. The summed E-state index contributed by atoms with van der Waals surface area (Å²) in [6, 6.07) is 13.5. The third kappa shape index (κ3) is 2.59. The van der Waals surface area contributed by atoms with Crippen LogP contribution in [-0.4, -0.2) is 15.6 Å². The Morgan fingerprint density at radius 1 is 1.07 bits per heavy atom. The van der Waals surface area contributed by atoms with E-state index >= 15 is 0 Å². The Morgan fingerprint density at radius 3 is 2.57 bits per heavy atom. The molecule has 2 N–H and O–H groups in total. The minimum absolute atomic E-state index is 0.0945. The molecule has 1 atom stereocenters. The summed E-state index contributed by atoms with van der Waals surface area (Å²) >= 11 is 1.59.